The zero-order valence-electron chi connectivity index (χ0n) is 7.34. The number of rotatable bonds is 1. The average molecular weight is 211 g/mol. The molecule has 0 aromatic carbocycles. The second-order valence-electron chi connectivity index (χ2n) is 2.67. The Kier molecular flexibility index (Phi) is 2.91. The number of nitrogens with zero attached hydrogens (tertiary/aromatic N) is 3. The van der Waals surface area contributed by atoms with Gasteiger partial charge in [-0.25, -0.2) is 0 Å². The molecule has 0 aliphatic rings. The number of halogens is 3. The zero-order chi connectivity index (χ0) is 11.5. The van der Waals surface area contributed by atoms with Crippen molar-refractivity contribution in [3.05, 3.63) is 29.1 Å². The van der Waals surface area contributed by atoms with Crippen LogP contribution in [0.2, 0.25) is 0 Å². The third kappa shape index (κ3) is 2.44. The van der Waals surface area contributed by atoms with Crippen LogP contribution in [0.15, 0.2) is 12.3 Å². The lowest BCUT2D eigenvalue weighted by Gasteiger charge is -2.07. The smallest absolute Gasteiger partial charge is 0.250 e. The van der Waals surface area contributed by atoms with Crippen LogP contribution >= 0.6 is 0 Å². The van der Waals surface area contributed by atoms with Gasteiger partial charge in [-0.15, -0.1) is 0 Å². The molecule has 0 atom stereocenters. The molecule has 0 fully saturated rings. The highest BCUT2D eigenvalue weighted by molar-refractivity contribution is 5.38. The fourth-order valence-corrected chi connectivity index (χ4v) is 0.984. The van der Waals surface area contributed by atoms with Crippen molar-refractivity contribution in [3.8, 4) is 12.1 Å². The lowest BCUT2D eigenvalue weighted by molar-refractivity contribution is -0.141. The Bertz CT molecular complexity index is 451. The molecule has 1 aromatic rings. The molecular formula is C9H4F3N3. The van der Waals surface area contributed by atoms with Gasteiger partial charge in [0.25, 0.3) is 0 Å². The summed E-state index contributed by atoms with van der Waals surface area (Å²) in [6, 6.07) is 4.09. The highest BCUT2D eigenvalue weighted by Crippen LogP contribution is 2.28. The van der Waals surface area contributed by atoms with Gasteiger partial charge in [0.15, 0.2) is 0 Å². The third-order valence-electron chi connectivity index (χ3n) is 1.67. The van der Waals surface area contributed by atoms with E-state index in [2.05, 4.69) is 4.98 Å². The molecule has 3 nitrogen and oxygen atoms in total. The molecule has 0 saturated heterocycles. The summed E-state index contributed by atoms with van der Waals surface area (Å²) in [6.07, 6.45) is -3.97. The van der Waals surface area contributed by atoms with Crippen LogP contribution in [-0.4, -0.2) is 4.98 Å². The second-order valence-corrected chi connectivity index (χ2v) is 2.67. The number of pyridine rings is 1. The summed E-state index contributed by atoms with van der Waals surface area (Å²) >= 11 is 0. The molecule has 76 valence electrons. The molecule has 0 saturated carbocycles. The van der Waals surface area contributed by atoms with E-state index in [-0.39, 0.29) is 17.5 Å². The van der Waals surface area contributed by atoms with Crippen molar-refractivity contribution >= 4 is 0 Å². The van der Waals surface area contributed by atoms with E-state index in [0.717, 1.165) is 12.3 Å². The van der Waals surface area contributed by atoms with Gasteiger partial charge in [-0.1, -0.05) is 0 Å². The Morgan fingerprint density at radius 3 is 2.47 bits per heavy atom. The number of nitriles is 2. The van der Waals surface area contributed by atoms with Crippen molar-refractivity contribution in [2.24, 2.45) is 0 Å². The highest BCUT2D eigenvalue weighted by Gasteiger charge is 2.32. The molecule has 1 heterocycles. The standard InChI is InChI=1S/C9H4F3N3/c10-9(11,12)8-3-6(1-2-13)7(4-14)5-15-8/h3,5H,1H2. The molecule has 1 aromatic heterocycles. The van der Waals surface area contributed by atoms with E-state index in [0.29, 0.717) is 0 Å². The van der Waals surface area contributed by atoms with Crippen LogP contribution in [0.3, 0.4) is 0 Å². The van der Waals surface area contributed by atoms with Crippen molar-refractivity contribution in [1.29, 1.82) is 10.5 Å². The molecule has 0 unspecified atom stereocenters. The maximum atomic E-state index is 12.2. The fourth-order valence-electron chi connectivity index (χ4n) is 0.984. The maximum absolute atomic E-state index is 12.2. The van der Waals surface area contributed by atoms with E-state index in [9.17, 15) is 13.2 Å². The maximum Gasteiger partial charge on any atom is 0.433 e. The fraction of sp³-hybridized carbons (Fsp3) is 0.222. The first kappa shape index (κ1) is 11.0. The van der Waals surface area contributed by atoms with Crippen LogP contribution in [0.25, 0.3) is 0 Å². The third-order valence-corrected chi connectivity index (χ3v) is 1.67. The van der Waals surface area contributed by atoms with Gasteiger partial charge in [-0.2, -0.15) is 23.7 Å². The molecule has 1 rings (SSSR count). The number of alkyl halides is 3. The lowest BCUT2D eigenvalue weighted by Crippen LogP contribution is -2.09. The normalized spacial score (nSPS) is 10.5. The SMILES string of the molecule is N#CCc1cc(C(F)(F)F)ncc1C#N. The second kappa shape index (κ2) is 3.97. The average Bonchev–Trinajstić information content (AvgIpc) is 2.17. The molecule has 0 spiro atoms. The van der Waals surface area contributed by atoms with Crippen molar-refractivity contribution in [3.63, 3.8) is 0 Å². The highest BCUT2D eigenvalue weighted by atomic mass is 19.4. The van der Waals surface area contributed by atoms with Gasteiger partial charge in [-0.3, -0.25) is 4.98 Å². The molecule has 0 aliphatic heterocycles. The van der Waals surface area contributed by atoms with Crippen LogP contribution in [0.4, 0.5) is 13.2 Å². The van der Waals surface area contributed by atoms with Crippen LogP contribution in [0.5, 0.6) is 0 Å². The topological polar surface area (TPSA) is 60.5 Å². The van der Waals surface area contributed by atoms with Crippen LogP contribution < -0.4 is 0 Å². The van der Waals surface area contributed by atoms with Gasteiger partial charge >= 0.3 is 6.18 Å². The van der Waals surface area contributed by atoms with Gasteiger partial charge in [0.1, 0.15) is 11.8 Å². The van der Waals surface area contributed by atoms with E-state index >= 15 is 0 Å². The summed E-state index contributed by atoms with van der Waals surface area (Å²) in [6.45, 7) is 0. The van der Waals surface area contributed by atoms with Crippen molar-refractivity contribution in [2.75, 3.05) is 0 Å². The van der Waals surface area contributed by atoms with Gasteiger partial charge in [0, 0.05) is 6.20 Å². The molecule has 0 bridgehead atoms. The monoisotopic (exact) mass is 211 g/mol. The van der Waals surface area contributed by atoms with E-state index in [1.165, 1.54) is 0 Å². The summed E-state index contributed by atoms with van der Waals surface area (Å²) in [5.74, 6) is 0. The van der Waals surface area contributed by atoms with Gasteiger partial charge in [-0.05, 0) is 11.6 Å². The van der Waals surface area contributed by atoms with E-state index in [4.69, 9.17) is 10.5 Å². The van der Waals surface area contributed by atoms with Crippen LogP contribution in [-0.2, 0) is 12.6 Å². The Morgan fingerprint density at radius 2 is 2.00 bits per heavy atom. The van der Waals surface area contributed by atoms with E-state index in [1.807, 2.05) is 0 Å². The first-order valence-corrected chi connectivity index (χ1v) is 3.82. The summed E-state index contributed by atoms with van der Waals surface area (Å²) in [5, 5.41) is 16.9. The summed E-state index contributed by atoms with van der Waals surface area (Å²) in [5.41, 5.74) is -1.06. The first-order valence-electron chi connectivity index (χ1n) is 3.82. The van der Waals surface area contributed by atoms with Crippen molar-refractivity contribution in [1.82, 2.24) is 4.98 Å². The minimum absolute atomic E-state index is 0.00968. The Morgan fingerprint density at radius 1 is 1.33 bits per heavy atom. The van der Waals surface area contributed by atoms with Gasteiger partial charge in [0.2, 0.25) is 0 Å². The first-order chi connectivity index (χ1) is 6.99. The largest absolute Gasteiger partial charge is 0.433 e. The van der Waals surface area contributed by atoms with Crippen LogP contribution in [0, 0.1) is 22.7 Å². The minimum Gasteiger partial charge on any atom is -0.250 e. The molecule has 15 heavy (non-hydrogen) atoms. The summed E-state index contributed by atoms with van der Waals surface area (Å²) in [7, 11) is 0. The predicted molar refractivity (Wildman–Crippen MR) is 43.3 cm³/mol. The quantitative estimate of drug-likeness (QED) is 0.714. The minimum atomic E-state index is -4.56. The van der Waals surface area contributed by atoms with Gasteiger partial charge in [0.05, 0.1) is 18.1 Å². The molecule has 0 aliphatic carbocycles. The van der Waals surface area contributed by atoms with Crippen molar-refractivity contribution in [2.45, 2.75) is 12.6 Å². The van der Waals surface area contributed by atoms with Crippen molar-refractivity contribution < 1.29 is 13.2 Å². The number of aromatic nitrogens is 1. The molecular weight excluding hydrogens is 207 g/mol. The Labute approximate surface area is 83.4 Å². The number of hydrogen-bond acceptors (Lipinski definition) is 3. The molecule has 0 amide bonds. The molecule has 0 radical (unpaired) electrons. The predicted octanol–water partition coefficient (Wildman–Crippen LogP) is 2.04. The van der Waals surface area contributed by atoms with E-state index < -0.39 is 11.9 Å². The van der Waals surface area contributed by atoms with E-state index in [1.54, 1.807) is 12.1 Å². The Balaban J connectivity index is 3.25. The zero-order valence-corrected chi connectivity index (χ0v) is 7.34. The number of hydrogen-bond donors (Lipinski definition) is 0. The molecule has 6 heteroatoms. The summed E-state index contributed by atoms with van der Waals surface area (Å²) in [4.78, 5) is 3.11. The van der Waals surface area contributed by atoms with Gasteiger partial charge < -0.3 is 0 Å². The van der Waals surface area contributed by atoms with Crippen LogP contribution in [0.1, 0.15) is 16.8 Å². The summed E-state index contributed by atoms with van der Waals surface area (Å²) < 4.78 is 36.6. The Hall–Kier alpha value is -2.08. The molecule has 0 N–H and O–H groups in total. The lowest BCUT2D eigenvalue weighted by atomic mass is 10.1.